The number of pyridine rings is 1. The Bertz CT molecular complexity index is 735. The van der Waals surface area contributed by atoms with Crippen molar-refractivity contribution in [1.29, 1.82) is 0 Å². The fourth-order valence-electron chi connectivity index (χ4n) is 2.41. The Kier molecular flexibility index (Phi) is 6.03. The van der Waals surface area contributed by atoms with Gasteiger partial charge in [-0.3, -0.25) is 9.88 Å². The lowest BCUT2D eigenvalue weighted by molar-refractivity contribution is 0.0600. The number of amidine groups is 1. The lowest BCUT2D eigenvalue weighted by Gasteiger charge is -2.26. The van der Waals surface area contributed by atoms with Crippen LogP contribution in [0.4, 0.5) is 0 Å². The van der Waals surface area contributed by atoms with Gasteiger partial charge in [0.1, 0.15) is 0 Å². The van der Waals surface area contributed by atoms with Gasteiger partial charge in [-0.1, -0.05) is 30.0 Å². The average molecular weight is 356 g/mol. The molecule has 1 aliphatic rings. The zero-order chi connectivity index (χ0) is 17.5. The zero-order valence-corrected chi connectivity index (χ0v) is 14.8. The van der Waals surface area contributed by atoms with Crippen LogP contribution in [0.5, 0.6) is 0 Å². The Hall–Kier alpha value is -2.38. The van der Waals surface area contributed by atoms with Crippen LogP contribution in [0.25, 0.3) is 0 Å². The van der Waals surface area contributed by atoms with E-state index in [1.807, 2.05) is 24.4 Å². The molecule has 3 rings (SSSR count). The minimum atomic E-state index is -0.314. The highest BCUT2D eigenvalue weighted by molar-refractivity contribution is 8.13. The van der Waals surface area contributed by atoms with E-state index < -0.39 is 0 Å². The molecule has 1 aromatic heterocycles. The van der Waals surface area contributed by atoms with Gasteiger partial charge in [-0.05, 0) is 29.3 Å². The van der Waals surface area contributed by atoms with Gasteiger partial charge in [0.15, 0.2) is 5.17 Å². The molecule has 0 spiro atoms. The molecule has 1 aliphatic heterocycles. The van der Waals surface area contributed by atoms with Gasteiger partial charge in [0.2, 0.25) is 0 Å². The number of hydrogen-bond acceptors (Lipinski definition) is 7. The molecule has 0 amide bonds. The molecule has 0 unspecified atom stereocenters. The SMILES string of the molecule is COC(=O)c1ccc(CSC2=NCN(Cc3cccnc3)CN2)cc1. The lowest BCUT2D eigenvalue weighted by atomic mass is 10.1. The first-order valence-electron chi connectivity index (χ1n) is 7.94. The van der Waals surface area contributed by atoms with E-state index in [2.05, 4.69) is 26.3 Å². The van der Waals surface area contributed by atoms with Gasteiger partial charge in [-0.15, -0.1) is 0 Å². The molecule has 7 heteroatoms. The number of nitrogens with zero attached hydrogens (tertiary/aromatic N) is 3. The third-order valence-corrected chi connectivity index (χ3v) is 4.77. The molecule has 1 N–H and O–H groups in total. The van der Waals surface area contributed by atoms with Crippen LogP contribution in [0.2, 0.25) is 0 Å². The van der Waals surface area contributed by atoms with Gasteiger partial charge >= 0.3 is 5.97 Å². The number of hydrogen-bond donors (Lipinski definition) is 1. The van der Waals surface area contributed by atoms with Crippen molar-refractivity contribution in [3.63, 3.8) is 0 Å². The second-order valence-corrected chi connectivity index (χ2v) is 6.57. The maximum absolute atomic E-state index is 11.4. The number of carbonyl (C=O) groups excluding carboxylic acids is 1. The average Bonchev–Trinajstić information content (AvgIpc) is 2.68. The van der Waals surface area contributed by atoms with Crippen molar-refractivity contribution >= 4 is 22.9 Å². The Morgan fingerprint density at radius 2 is 2.12 bits per heavy atom. The van der Waals surface area contributed by atoms with Crippen LogP contribution in [0.1, 0.15) is 21.5 Å². The van der Waals surface area contributed by atoms with Gasteiger partial charge < -0.3 is 10.1 Å². The summed E-state index contributed by atoms with van der Waals surface area (Å²) in [4.78, 5) is 22.4. The maximum atomic E-state index is 11.4. The maximum Gasteiger partial charge on any atom is 0.337 e. The largest absolute Gasteiger partial charge is 0.465 e. The number of ether oxygens (including phenoxy) is 1. The van der Waals surface area contributed by atoms with Crippen molar-refractivity contribution in [1.82, 2.24) is 15.2 Å². The number of carbonyl (C=O) groups is 1. The van der Waals surface area contributed by atoms with E-state index in [0.29, 0.717) is 12.2 Å². The van der Waals surface area contributed by atoms with Gasteiger partial charge in [-0.25, -0.2) is 9.79 Å². The van der Waals surface area contributed by atoms with Crippen LogP contribution >= 0.6 is 11.8 Å². The predicted molar refractivity (Wildman–Crippen MR) is 99.2 cm³/mol. The number of aromatic nitrogens is 1. The number of nitrogens with one attached hydrogen (secondary N) is 1. The molecule has 0 aliphatic carbocycles. The van der Waals surface area contributed by atoms with Crippen molar-refractivity contribution in [2.24, 2.45) is 4.99 Å². The fraction of sp³-hybridized carbons (Fsp3) is 0.278. The number of methoxy groups -OCH3 is 1. The van der Waals surface area contributed by atoms with Gasteiger partial charge in [0.05, 0.1) is 26.0 Å². The molecule has 6 nitrogen and oxygen atoms in total. The van der Waals surface area contributed by atoms with Crippen molar-refractivity contribution in [2.75, 3.05) is 20.4 Å². The summed E-state index contributed by atoms with van der Waals surface area (Å²) >= 11 is 1.66. The number of aliphatic imine (C=N–C) groups is 1. The number of thioether (sulfide) groups is 1. The Morgan fingerprint density at radius 1 is 1.28 bits per heavy atom. The summed E-state index contributed by atoms with van der Waals surface area (Å²) in [5.41, 5.74) is 2.89. The van der Waals surface area contributed by atoms with E-state index >= 15 is 0 Å². The monoisotopic (exact) mass is 356 g/mol. The molecule has 0 saturated heterocycles. The van der Waals surface area contributed by atoms with Crippen LogP contribution in [0, 0.1) is 0 Å². The van der Waals surface area contributed by atoms with Gasteiger partial charge in [0, 0.05) is 24.7 Å². The predicted octanol–water partition coefficient (Wildman–Crippen LogP) is 2.48. The van der Waals surface area contributed by atoms with Crippen molar-refractivity contribution < 1.29 is 9.53 Å². The van der Waals surface area contributed by atoms with E-state index in [1.165, 1.54) is 12.7 Å². The normalized spacial score (nSPS) is 14.5. The van der Waals surface area contributed by atoms with Crippen LogP contribution in [0.3, 0.4) is 0 Å². The van der Waals surface area contributed by atoms with E-state index in [9.17, 15) is 4.79 Å². The molecule has 0 bridgehead atoms. The van der Waals surface area contributed by atoms with Crippen molar-refractivity contribution in [3.8, 4) is 0 Å². The molecule has 0 atom stereocenters. The number of rotatable bonds is 5. The van der Waals surface area contributed by atoms with E-state index in [-0.39, 0.29) is 5.97 Å². The fourth-order valence-corrected chi connectivity index (χ4v) is 3.22. The third kappa shape index (κ3) is 5.04. The molecule has 0 fully saturated rings. The molecule has 2 heterocycles. The summed E-state index contributed by atoms with van der Waals surface area (Å²) < 4.78 is 4.70. The third-order valence-electron chi connectivity index (χ3n) is 3.75. The molecular formula is C18H20N4O2S. The van der Waals surface area contributed by atoms with Crippen molar-refractivity contribution in [3.05, 3.63) is 65.5 Å². The Labute approximate surface area is 151 Å². The summed E-state index contributed by atoms with van der Waals surface area (Å²) in [5, 5.41) is 4.29. The molecular weight excluding hydrogens is 336 g/mol. The highest BCUT2D eigenvalue weighted by Crippen LogP contribution is 2.16. The first-order chi connectivity index (χ1) is 12.2. The molecule has 25 heavy (non-hydrogen) atoms. The highest BCUT2D eigenvalue weighted by atomic mass is 32.2. The molecule has 130 valence electrons. The van der Waals surface area contributed by atoms with Crippen LogP contribution in [0.15, 0.2) is 53.8 Å². The van der Waals surface area contributed by atoms with E-state index in [0.717, 1.165) is 29.7 Å². The van der Waals surface area contributed by atoms with Crippen LogP contribution in [-0.4, -0.2) is 41.5 Å². The Morgan fingerprint density at radius 3 is 2.76 bits per heavy atom. The van der Waals surface area contributed by atoms with Gasteiger partial charge in [0.25, 0.3) is 0 Å². The summed E-state index contributed by atoms with van der Waals surface area (Å²) in [6.45, 7) is 2.27. The summed E-state index contributed by atoms with van der Waals surface area (Å²) in [7, 11) is 1.39. The minimum Gasteiger partial charge on any atom is -0.465 e. The molecule has 1 aromatic carbocycles. The number of esters is 1. The van der Waals surface area contributed by atoms with Crippen LogP contribution in [-0.2, 0) is 17.0 Å². The molecule has 0 radical (unpaired) electrons. The first-order valence-corrected chi connectivity index (χ1v) is 8.93. The summed E-state index contributed by atoms with van der Waals surface area (Å²) in [6.07, 6.45) is 3.66. The van der Waals surface area contributed by atoms with Crippen molar-refractivity contribution in [2.45, 2.75) is 12.3 Å². The zero-order valence-electron chi connectivity index (χ0n) is 14.0. The highest BCUT2D eigenvalue weighted by Gasteiger charge is 2.13. The Balaban J connectivity index is 1.47. The van der Waals surface area contributed by atoms with Crippen LogP contribution < -0.4 is 5.32 Å². The lowest BCUT2D eigenvalue weighted by Crippen LogP contribution is -2.41. The molecule has 2 aromatic rings. The first kappa shape index (κ1) is 17.4. The smallest absolute Gasteiger partial charge is 0.337 e. The second kappa shape index (κ2) is 8.64. The quantitative estimate of drug-likeness (QED) is 0.830. The standard InChI is InChI=1S/C18H20N4O2S/c1-24-17(23)16-6-4-14(5-7-16)11-25-18-20-12-22(13-21-18)10-15-3-2-8-19-9-15/h2-9H,10-13H2,1H3,(H,20,21). The van der Waals surface area contributed by atoms with E-state index in [4.69, 9.17) is 4.74 Å². The minimum absolute atomic E-state index is 0.314. The van der Waals surface area contributed by atoms with Gasteiger partial charge in [-0.2, -0.15) is 0 Å². The molecule has 0 saturated carbocycles. The summed E-state index contributed by atoms with van der Waals surface area (Å²) in [6, 6.07) is 11.5. The van der Waals surface area contributed by atoms with E-state index in [1.54, 1.807) is 30.1 Å². The second-order valence-electron chi connectivity index (χ2n) is 5.61. The summed E-state index contributed by atoms with van der Waals surface area (Å²) in [5.74, 6) is 0.488. The topological polar surface area (TPSA) is 66.8 Å². The number of benzene rings is 1.